The van der Waals surface area contributed by atoms with Crippen LogP contribution in [0, 0.1) is 11.8 Å². The molecule has 2 unspecified atom stereocenters. The monoisotopic (exact) mass is 353 g/mol. The number of ether oxygens (including phenoxy) is 1. The highest BCUT2D eigenvalue weighted by molar-refractivity contribution is 5.82. The molecule has 1 saturated carbocycles. The van der Waals surface area contributed by atoms with Gasteiger partial charge in [0, 0.05) is 25.7 Å². The lowest BCUT2D eigenvalue weighted by Gasteiger charge is -2.37. The molecule has 2 amide bonds. The molecule has 1 heterocycles. The minimum absolute atomic E-state index is 0.0619. The Morgan fingerprint density at radius 1 is 1.24 bits per heavy atom. The fourth-order valence-corrected chi connectivity index (χ4v) is 3.27. The van der Waals surface area contributed by atoms with Gasteiger partial charge in [-0.3, -0.25) is 4.79 Å². The Morgan fingerprint density at radius 2 is 1.88 bits per heavy atom. The van der Waals surface area contributed by atoms with Gasteiger partial charge in [0.25, 0.3) is 0 Å². The van der Waals surface area contributed by atoms with E-state index in [2.05, 4.69) is 0 Å². The van der Waals surface area contributed by atoms with Crippen LogP contribution in [0.4, 0.5) is 4.79 Å². The van der Waals surface area contributed by atoms with Crippen molar-refractivity contribution >= 4 is 12.0 Å². The minimum atomic E-state index is -0.482. The van der Waals surface area contributed by atoms with Crippen molar-refractivity contribution in [2.24, 2.45) is 17.6 Å². The second kappa shape index (κ2) is 7.94. The van der Waals surface area contributed by atoms with E-state index in [0.717, 1.165) is 32.2 Å². The number of carbonyl (C=O) groups is 2. The zero-order chi connectivity index (χ0) is 18.8. The lowest BCUT2D eigenvalue weighted by atomic mass is 9.96. The molecule has 2 rings (SSSR count). The molecule has 2 atom stereocenters. The molecule has 1 saturated heterocycles. The Hall–Kier alpha value is -1.30. The topological polar surface area (TPSA) is 75.9 Å². The molecule has 1 aliphatic heterocycles. The van der Waals surface area contributed by atoms with Crippen LogP contribution in [0.3, 0.4) is 0 Å². The van der Waals surface area contributed by atoms with Gasteiger partial charge in [-0.05, 0) is 58.3 Å². The molecule has 2 aliphatic rings. The predicted molar refractivity (Wildman–Crippen MR) is 98.1 cm³/mol. The Kier molecular flexibility index (Phi) is 6.35. The SMILES string of the molecule is CC(C)C(N)C(=O)N(CC1CCCN(C(=O)OC(C)(C)C)C1)C1CC1. The summed E-state index contributed by atoms with van der Waals surface area (Å²) in [5.74, 6) is 0.496. The number of likely N-dealkylation sites (tertiary alicyclic amines) is 1. The van der Waals surface area contributed by atoms with Crippen molar-refractivity contribution in [1.29, 1.82) is 0 Å². The summed E-state index contributed by atoms with van der Waals surface area (Å²) in [6.07, 6.45) is 3.87. The van der Waals surface area contributed by atoms with Gasteiger partial charge in [0.1, 0.15) is 5.60 Å². The van der Waals surface area contributed by atoms with Crippen molar-refractivity contribution < 1.29 is 14.3 Å². The van der Waals surface area contributed by atoms with Gasteiger partial charge in [0.05, 0.1) is 6.04 Å². The van der Waals surface area contributed by atoms with E-state index in [-0.39, 0.29) is 17.9 Å². The van der Waals surface area contributed by atoms with Gasteiger partial charge >= 0.3 is 6.09 Å². The Bertz CT molecular complexity index is 483. The maximum Gasteiger partial charge on any atom is 0.410 e. The fraction of sp³-hybridized carbons (Fsp3) is 0.895. The van der Waals surface area contributed by atoms with Crippen LogP contribution in [0.2, 0.25) is 0 Å². The van der Waals surface area contributed by atoms with E-state index < -0.39 is 11.6 Å². The van der Waals surface area contributed by atoms with Crippen molar-refractivity contribution in [2.45, 2.75) is 78.0 Å². The molecule has 0 radical (unpaired) electrons. The number of carbonyl (C=O) groups excluding carboxylic acids is 2. The van der Waals surface area contributed by atoms with Gasteiger partial charge in [0.2, 0.25) is 5.91 Å². The molecule has 144 valence electrons. The molecule has 0 spiro atoms. The van der Waals surface area contributed by atoms with E-state index in [0.29, 0.717) is 25.0 Å². The number of piperidine rings is 1. The first-order chi connectivity index (χ1) is 11.6. The highest BCUT2D eigenvalue weighted by atomic mass is 16.6. The summed E-state index contributed by atoms with van der Waals surface area (Å²) in [5, 5.41) is 0. The van der Waals surface area contributed by atoms with Crippen molar-refractivity contribution in [3.63, 3.8) is 0 Å². The number of nitrogens with zero attached hydrogens (tertiary/aromatic N) is 2. The van der Waals surface area contributed by atoms with Crippen LogP contribution in [0.5, 0.6) is 0 Å². The maximum atomic E-state index is 12.7. The van der Waals surface area contributed by atoms with Gasteiger partial charge in [-0.2, -0.15) is 0 Å². The predicted octanol–water partition coefficient (Wildman–Crippen LogP) is 2.61. The number of hydrogen-bond acceptors (Lipinski definition) is 4. The van der Waals surface area contributed by atoms with E-state index in [1.165, 1.54) is 0 Å². The molecule has 1 aliphatic carbocycles. The summed E-state index contributed by atoms with van der Waals surface area (Å²) < 4.78 is 5.49. The van der Waals surface area contributed by atoms with Gasteiger partial charge in [0.15, 0.2) is 0 Å². The Labute approximate surface area is 152 Å². The quantitative estimate of drug-likeness (QED) is 0.824. The van der Waals surface area contributed by atoms with Gasteiger partial charge in [-0.25, -0.2) is 4.79 Å². The average Bonchev–Trinajstić information content (AvgIpc) is 3.34. The van der Waals surface area contributed by atoms with E-state index in [4.69, 9.17) is 10.5 Å². The van der Waals surface area contributed by atoms with Gasteiger partial charge in [-0.1, -0.05) is 13.8 Å². The normalized spacial score (nSPS) is 22.7. The van der Waals surface area contributed by atoms with Gasteiger partial charge < -0.3 is 20.3 Å². The van der Waals surface area contributed by atoms with E-state index >= 15 is 0 Å². The van der Waals surface area contributed by atoms with Crippen molar-refractivity contribution in [3.8, 4) is 0 Å². The first kappa shape index (κ1) is 20.0. The Morgan fingerprint density at radius 3 is 2.40 bits per heavy atom. The third-order valence-corrected chi connectivity index (χ3v) is 4.90. The van der Waals surface area contributed by atoms with Crippen LogP contribution >= 0.6 is 0 Å². The van der Waals surface area contributed by atoms with E-state index in [9.17, 15) is 9.59 Å². The zero-order valence-electron chi connectivity index (χ0n) is 16.5. The second-order valence-electron chi connectivity index (χ2n) is 8.93. The molecule has 6 nitrogen and oxygen atoms in total. The molecule has 0 aromatic heterocycles. The third kappa shape index (κ3) is 5.87. The molecule has 2 fully saturated rings. The summed E-state index contributed by atoms with van der Waals surface area (Å²) in [7, 11) is 0. The number of nitrogens with two attached hydrogens (primary N) is 1. The molecule has 0 aromatic carbocycles. The van der Waals surface area contributed by atoms with Crippen LogP contribution in [-0.4, -0.2) is 59.1 Å². The molecular formula is C19H35N3O3. The highest BCUT2D eigenvalue weighted by Crippen LogP contribution is 2.30. The van der Waals surface area contributed by atoms with Crippen molar-refractivity contribution in [2.75, 3.05) is 19.6 Å². The van der Waals surface area contributed by atoms with Crippen LogP contribution < -0.4 is 5.73 Å². The second-order valence-corrected chi connectivity index (χ2v) is 8.93. The summed E-state index contributed by atoms with van der Waals surface area (Å²) in [4.78, 5) is 28.8. The summed E-state index contributed by atoms with van der Waals surface area (Å²) >= 11 is 0. The highest BCUT2D eigenvalue weighted by Gasteiger charge is 2.38. The first-order valence-corrected chi connectivity index (χ1v) is 9.62. The fourth-order valence-electron chi connectivity index (χ4n) is 3.27. The summed E-state index contributed by atoms with van der Waals surface area (Å²) in [5.41, 5.74) is 5.62. The molecule has 6 heteroatoms. The number of hydrogen-bond donors (Lipinski definition) is 1. The largest absolute Gasteiger partial charge is 0.444 e. The maximum absolute atomic E-state index is 12.7. The zero-order valence-corrected chi connectivity index (χ0v) is 16.5. The molecule has 25 heavy (non-hydrogen) atoms. The smallest absolute Gasteiger partial charge is 0.410 e. The first-order valence-electron chi connectivity index (χ1n) is 9.62. The lowest BCUT2D eigenvalue weighted by molar-refractivity contribution is -0.135. The summed E-state index contributed by atoms with van der Waals surface area (Å²) in [6, 6.07) is -0.0969. The van der Waals surface area contributed by atoms with Crippen molar-refractivity contribution in [3.05, 3.63) is 0 Å². The van der Waals surface area contributed by atoms with E-state index in [1.807, 2.05) is 39.5 Å². The van der Waals surface area contributed by atoms with Crippen LogP contribution in [0.1, 0.15) is 60.3 Å². The number of rotatable bonds is 5. The number of amides is 2. The van der Waals surface area contributed by atoms with Gasteiger partial charge in [-0.15, -0.1) is 0 Å². The van der Waals surface area contributed by atoms with Crippen LogP contribution in [0.15, 0.2) is 0 Å². The average molecular weight is 354 g/mol. The van der Waals surface area contributed by atoms with E-state index in [1.54, 1.807) is 4.90 Å². The van der Waals surface area contributed by atoms with Crippen molar-refractivity contribution in [1.82, 2.24) is 9.80 Å². The third-order valence-electron chi connectivity index (χ3n) is 4.90. The standard InChI is InChI=1S/C19H35N3O3/c1-13(2)16(20)17(23)22(15-8-9-15)12-14-7-6-10-21(11-14)18(24)25-19(3,4)5/h13-16H,6-12,20H2,1-5H3. The summed E-state index contributed by atoms with van der Waals surface area (Å²) in [6.45, 7) is 11.7. The molecule has 0 bridgehead atoms. The van der Waals surface area contributed by atoms with Crippen LogP contribution in [-0.2, 0) is 9.53 Å². The lowest BCUT2D eigenvalue weighted by Crippen LogP contribution is -2.51. The Balaban J connectivity index is 1.95. The molecular weight excluding hydrogens is 318 g/mol. The molecule has 2 N–H and O–H groups in total. The molecule has 0 aromatic rings. The minimum Gasteiger partial charge on any atom is -0.444 e. The van der Waals surface area contributed by atoms with Crippen LogP contribution in [0.25, 0.3) is 0 Å².